The van der Waals surface area contributed by atoms with Gasteiger partial charge in [-0.25, -0.2) is 0 Å². The van der Waals surface area contributed by atoms with Gasteiger partial charge in [0.2, 0.25) is 0 Å². The molecule has 0 heterocycles. The van der Waals surface area contributed by atoms with Crippen LogP contribution < -0.4 is 0 Å². The molecule has 0 bridgehead atoms. The van der Waals surface area contributed by atoms with Crippen molar-refractivity contribution in [3.63, 3.8) is 0 Å². The van der Waals surface area contributed by atoms with Gasteiger partial charge < -0.3 is 0 Å². The summed E-state index contributed by atoms with van der Waals surface area (Å²) in [5, 5.41) is 5.10. The maximum atomic E-state index is 2.44. The van der Waals surface area contributed by atoms with Crippen molar-refractivity contribution < 1.29 is 0 Å². The van der Waals surface area contributed by atoms with E-state index in [-0.39, 0.29) is 10.8 Å². The Hall–Kier alpha value is -6.50. The zero-order valence-electron chi connectivity index (χ0n) is 32.3. The van der Waals surface area contributed by atoms with Gasteiger partial charge in [0.05, 0.1) is 0 Å². The molecule has 0 atom stereocenters. The number of fused-ring (bicyclic) bond motifs is 8. The Morgan fingerprint density at radius 3 is 1.50 bits per heavy atom. The molecule has 0 amide bonds. The summed E-state index contributed by atoms with van der Waals surface area (Å²) in [6, 6.07) is 68.3. The largest absolute Gasteiger partial charge is 0.0622 e. The Kier molecular flexibility index (Phi) is 7.05. The summed E-state index contributed by atoms with van der Waals surface area (Å²) in [6.07, 6.45) is 0. The van der Waals surface area contributed by atoms with Gasteiger partial charge in [0, 0.05) is 10.8 Å². The van der Waals surface area contributed by atoms with E-state index in [1.807, 2.05) is 0 Å². The van der Waals surface area contributed by atoms with Crippen molar-refractivity contribution in [2.24, 2.45) is 0 Å². The van der Waals surface area contributed by atoms with Crippen LogP contribution in [-0.4, -0.2) is 0 Å². The van der Waals surface area contributed by atoms with Gasteiger partial charge in [-0.05, 0) is 123 Å². The van der Waals surface area contributed by atoms with Gasteiger partial charge in [-0.2, -0.15) is 0 Å². The second kappa shape index (κ2) is 12.0. The van der Waals surface area contributed by atoms with E-state index in [1.54, 1.807) is 0 Å². The second-order valence-corrected chi connectivity index (χ2v) is 16.8. The molecule has 9 aromatic rings. The monoisotopic (exact) mass is 714 g/mol. The lowest BCUT2D eigenvalue weighted by Crippen LogP contribution is -2.14. The SMILES string of the molecule is CC1(C)c2ccccc2-c2ccc(-c3ccc(-c4c5ccccc5c(-c5cccc6c5-c5ccccc5C6(C)C)c5cc(-c6ccccc6)ccc45)cc3)cc21. The van der Waals surface area contributed by atoms with E-state index in [1.165, 1.54) is 111 Å². The van der Waals surface area contributed by atoms with Crippen molar-refractivity contribution in [3.8, 4) is 66.8 Å². The van der Waals surface area contributed by atoms with E-state index >= 15 is 0 Å². The van der Waals surface area contributed by atoms with Gasteiger partial charge in [0.1, 0.15) is 0 Å². The lowest BCUT2D eigenvalue weighted by molar-refractivity contribution is 0.660. The van der Waals surface area contributed by atoms with Crippen molar-refractivity contribution in [3.05, 3.63) is 204 Å². The summed E-state index contributed by atoms with van der Waals surface area (Å²) >= 11 is 0. The quantitative estimate of drug-likeness (QED) is 0.159. The van der Waals surface area contributed by atoms with E-state index in [0.29, 0.717) is 0 Å². The fourth-order valence-electron chi connectivity index (χ4n) is 10.3. The third-order valence-electron chi connectivity index (χ3n) is 13.1. The van der Waals surface area contributed by atoms with E-state index in [2.05, 4.69) is 210 Å². The minimum Gasteiger partial charge on any atom is -0.0622 e. The summed E-state index contributed by atoms with van der Waals surface area (Å²) in [5.74, 6) is 0. The fraction of sp³-hybridized carbons (Fsp3) is 0.107. The highest BCUT2D eigenvalue weighted by atomic mass is 14.4. The molecule has 0 saturated carbocycles. The van der Waals surface area contributed by atoms with Crippen molar-refractivity contribution in [1.82, 2.24) is 0 Å². The molecule has 2 aliphatic carbocycles. The van der Waals surface area contributed by atoms with Crippen LogP contribution in [0.4, 0.5) is 0 Å². The molecule has 0 aromatic heterocycles. The molecular formula is C56H42. The second-order valence-electron chi connectivity index (χ2n) is 16.8. The molecule has 0 N–H and O–H groups in total. The summed E-state index contributed by atoms with van der Waals surface area (Å²) in [5.41, 5.74) is 21.0. The lowest BCUT2D eigenvalue weighted by Gasteiger charge is -2.23. The Bertz CT molecular complexity index is 3050. The first-order valence-corrected chi connectivity index (χ1v) is 19.9. The molecule has 0 saturated heterocycles. The van der Waals surface area contributed by atoms with Crippen molar-refractivity contribution in [1.29, 1.82) is 0 Å². The number of hydrogen-bond donors (Lipinski definition) is 0. The number of benzene rings is 9. The van der Waals surface area contributed by atoms with Crippen LogP contribution in [0.15, 0.2) is 182 Å². The topological polar surface area (TPSA) is 0 Å². The summed E-state index contributed by atoms with van der Waals surface area (Å²) in [6.45, 7) is 9.47. The highest BCUT2D eigenvalue weighted by Gasteiger charge is 2.37. The molecule has 0 fully saturated rings. The van der Waals surface area contributed by atoms with Crippen molar-refractivity contribution >= 4 is 21.5 Å². The van der Waals surface area contributed by atoms with Gasteiger partial charge in [-0.3, -0.25) is 0 Å². The first-order valence-electron chi connectivity index (χ1n) is 19.9. The molecular weight excluding hydrogens is 673 g/mol. The Balaban J connectivity index is 1.13. The zero-order valence-corrected chi connectivity index (χ0v) is 32.3. The van der Waals surface area contributed by atoms with Crippen LogP contribution in [0.2, 0.25) is 0 Å². The molecule has 56 heavy (non-hydrogen) atoms. The van der Waals surface area contributed by atoms with Crippen LogP contribution in [0.3, 0.4) is 0 Å². The van der Waals surface area contributed by atoms with Crippen molar-refractivity contribution in [2.75, 3.05) is 0 Å². The summed E-state index contributed by atoms with van der Waals surface area (Å²) < 4.78 is 0. The molecule has 2 aliphatic rings. The summed E-state index contributed by atoms with van der Waals surface area (Å²) in [4.78, 5) is 0. The molecule has 0 nitrogen and oxygen atoms in total. The normalized spacial score (nSPS) is 14.4. The number of hydrogen-bond acceptors (Lipinski definition) is 0. The van der Waals surface area contributed by atoms with Crippen LogP contribution in [0.5, 0.6) is 0 Å². The van der Waals surface area contributed by atoms with Crippen molar-refractivity contribution in [2.45, 2.75) is 38.5 Å². The smallest absolute Gasteiger partial charge is 0.0159 e. The Morgan fingerprint density at radius 2 is 0.732 bits per heavy atom. The van der Waals surface area contributed by atoms with Gasteiger partial charge in [0.25, 0.3) is 0 Å². The van der Waals surface area contributed by atoms with Crippen LogP contribution in [0.1, 0.15) is 49.9 Å². The van der Waals surface area contributed by atoms with Gasteiger partial charge in [-0.1, -0.05) is 198 Å². The zero-order chi connectivity index (χ0) is 37.8. The standard InChI is InChI=1S/C56H42/c1-55(2)49-23-13-11-20-45(49)54-46(21-14-24-50(54)55)53-43-19-9-8-18-42(43)52(44-32-30-38(33-47(44)53)35-15-6-5-7-16-35)37-27-25-36(26-28-37)39-29-31-41-40-17-10-12-22-48(40)56(3,4)51(41)34-39/h5-34H,1-4H3. The van der Waals surface area contributed by atoms with Gasteiger partial charge in [-0.15, -0.1) is 0 Å². The highest BCUT2D eigenvalue weighted by Crippen LogP contribution is 2.55. The maximum Gasteiger partial charge on any atom is 0.0159 e. The third kappa shape index (κ3) is 4.66. The minimum atomic E-state index is -0.0804. The van der Waals surface area contributed by atoms with E-state index in [9.17, 15) is 0 Å². The third-order valence-corrected chi connectivity index (χ3v) is 13.1. The fourth-order valence-corrected chi connectivity index (χ4v) is 10.3. The lowest BCUT2D eigenvalue weighted by atomic mass is 9.80. The molecule has 0 unspecified atom stereocenters. The first-order chi connectivity index (χ1) is 27.3. The van der Waals surface area contributed by atoms with Crippen LogP contribution in [-0.2, 0) is 10.8 Å². The predicted molar refractivity (Wildman–Crippen MR) is 238 cm³/mol. The van der Waals surface area contributed by atoms with Crippen LogP contribution in [0, 0.1) is 0 Å². The minimum absolute atomic E-state index is 0.0310. The average molecular weight is 715 g/mol. The van der Waals surface area contributed by atoms with E-state index in [0.717, 1.165) is 0 Å². The van der Waals surface area contributed by atoms with E-state index < -0.39 is 0 Å². The molecule has 0 aliphatic heterocycles. The van der Waals surface area contributed by atoms with Gasteiger partial charge in [0.15, 0.2) is 0 Å². The number of rotatable bonds is 4. The molecule has 11 rings (SSSR count). The molecule has 0 spiro atoms. The Labute approximate surface area is 329 Å². The molecule has 9 aromatic carbocycles. The molecule has 0 heteroatoms. The van der Waals surface area contributed by atoms with Crippen LogP contribution >= 0.6 is 0 Å². The highest BCUT2D eigenvalue weighted by molar-refractivity contribution is 6.23. The molecule has 266 valence electrons. The molecule has 0 radical (unpaired) electrons. The summed E-state index contributed by atoms with van der Waals surface area (Å²) in [7, 11) is 0. The maximum absolute atomic E-state index is 2.44. The first kappa shape index (κ1) is 32.9. The Morgan fingerprint density at radius 1 is 0.250 bits per heavy atom. The average Bonchev–Trinajstić information content (AvgIpc) is 3.62. The van der Waals surface area contributed by atoms with Crippen LogP contribution in [0.25, 0.3) is 88.3 Å². The van der Waals surface area contributed by atoms with E-state index in [4.69, 9.17) is 0 Å². The van der Waals surface area contributed by atoms with Gasteiger partial charge >= 0.3 is 0 Å². The predicted octanol–water partition coefficient (Wildman–Crippen LogP) is 15.3.